The van der Waals surface area contributed by atoms with E-state index in [0.717, 1.165) is 13.1 Å². The Kier molecular flexibility index (Phi) is 1.57. The van der Waals surface area contributed by atoms with Crippen molar-refractivity contribution in [2.75, 3.05) is 19.6 Å². The topological polar surface area (TPSA) is 72.3 Å². The third-order valence-corrected chi connectivity index (χ3v) is 1.60. The maximum atomic E-state index is 10.4. The molecule has 1 aliphatic heterocycles. The van der Waals surface area contributed by atoms with Gasteiger partial charge in [-0.3, -0.25) is 0 Å². The third-order valence-electron chi connectivity index (χ3n) is 1.60. The molecule has 0 bridgehead atoms. The first-order valence-electron chi connectivity index (χ1n) is 2.98. The lowest BCUT2D eigenvalue weighted by atomic mass is 10.0. The van der Waals surface area contributed by atoms with Crippen molar-refractivity contribution in [1.29, 1.82) is 0 Å². The zero-order chi connectivity index (χ0) is 6.85. The van der Waals surface area contributed by atoms with E-state index in [4.69, 9.17) is 11.5 Å². The molecular weight excluding hydrogens is 118 g/mol. The van der Waals surface area contributed by atoms with Crippen LogP contribution in [0.4, 0.5) is 4.79 Å². The second-order valence-electron chi connectivity index (χ2n) is 2.34. The first-order chi connectivity index (χ1) is 4.24. The van der Waals surface area contributed by atoms with Crippen molar-refractivity contribution in [2.24, 2.45) is 17.4 Å². The van der Waals surface area contributed by atoms with Crippen molar-refractivity contribution in [3.8, 4) is 0 Å². The molecule has 4 N–H and O–H groups in total. The van der Waals surface area contributed by atoms with Crippen LogP contribution in [0.25, 0.3) is 0 Å². The van der Waals surface area contributed by atoms with Gasteiger partial charge in [0.05, 0.1) is 0 Å². The first kappa shape index (κ1) is 6.35. The van der Waals surface area contributed by atoms with Gasteiger partial charge in [-0.1, -0.05) is 0 Å². The zero-order valence-corrected chi connectivity index (χ0v) is 5.21. The average Bonchev–Trinajstić information content (AvgIpc) is 1.61. The number of rotatable bonds is 1. The highest BCUT2D eigenvalue weighted by Crippen LogP contribution is 2.12. The van der Waals surface area contributed by atoms with Gasteiger partial charge in [0.15, 0.2) is 0 Å². The molecule has 0 atom stereocenters. The number of likely N-dealkylation sites (tertiary alicyclic amines) is 1. The Morgan fingerprint density at radius 1 is 1.67 bits per heavy atom. The minimum Gasteiger partial charge on any atom is -0.351 e. The molecule has 0 spiro atoms. The van der Waals surface area contributed by atoms with Gasteiger partial charge >= 0.3 is 6.03 Å². The molecule has 0 aromatic heterocycles. The molecule has 0 aliphatic carbocycles. The molecule has 1 saturated heterocycles. The molecule has 4 nitrogen and oxygen atoms in total. The number of amides is 2. The minimum atomic E-state index is -0.334. The van der Waals surface area contributed by atoms with Gasteiger partial charge in [0.2, 0.25) is 0 Å². The summed E-state index contributed by atoms with van der Waals surface area (Å²) in [5, 5.41) is 0. The predicted octanol–water partition coefficient (Wildman–Crippen LogP) is -1.04. The Morgan fingerprint density at radius 2 is 2.22 bits per heavy atom. The molecule has 1 fully saturated rings. The minimum absolute atomic E-state index is 0.334. The van der Waals surface area contributed by atoms with Gasteiger partial charge in [-0.15, -0.1) is 0 Å². The molecule has 1 rings (SSSR count). The van der Waals surface area contributed by atoms with Gasteiger partial charge in [-0.05, 0) is 6.54 Å². The lowest BCUT2D eigenvalue weighted by Gasteiger charge is -2.37. The fraction of sp³-hybridized carbons (Fsp3) is 0.800. The molecule has 0 aromatic carbocycles. The summed E-state index contributed by atoms with van der Waals surface area (Å²) >= 11 is 0. The number of primary amides is 1. The molecule has 4 heteroatoms. The SMILES string of the molecule is NCC1CN(C(N)=O)C1. The number of hydrogen-bond donors (Lipinski definition) is 2. The van der Waals surface area contributed by atoms with E-state index in [9.17, 15) is 4.79 Å². The van der Waals surface area contributed by atoms with Crippen molar-refractivity contribution in [3.05, 3.63) is 0 Å². The number of urea groups is 1. The Labute approximate surface area is 53.8 Å². The standard InChI is InChI=1S/C5H11N3O/c6-1-4-2-8(3-4)5(7)9/h4H,1-3,6H2,(H2,7,9). The fourth-order valence-corrected chi connectivity index (χ4v) is 0.899. The molecule has 1 heterocycles. The van der Waals surface area contributed by atoms with Gasteiger partial charge in [0, 0.05) is 19.0 Å². The fourth-order valence-electron chi connectivity index (χ4n) is 0.899. The molecule has 0 saturated carbocycles. The summed E-state index contributed by atoms with van der Waals surface area (Å²) in [5.74, 6) is 0.484. The maximum Gasteiger partial charge on any atom is 0.314 e. The van der Waals surface area contributed by atoms with E-state index in [2.05, 4.69) is 0 Å². The molecular formula is C5H11N3O. The quantitative estimate of drug-likeness (QED) is 0.474. The van der Waals surface area contributed by atoms with Crippen LogP contribution in [0, 0.1) is 5.92 Å². The highest BCUT2D eigenvalue weighted by Gasteiger charge is 2.27. The highest BCUT2D eigenvalue weighted by atomic mass is 16.2. The van der Waals surface area contributed by atoms with Crippen LogP contribution in [-0.2, 0) is 0 Å². The van der Waals surface area contributed by atoms with E-state index in [1.165, 1.54) is 0 Å². The third kappa shape index (κ3) is 1.13. The van der Waals surface area contributed by atoms with Crippen LogP contribution in [0.1, 0.15) is 0 Å². The average molecular weight is 129 g/mol. The van der Waals surface area contributed by atoms with E-state index in [0.29, 0.717) is 12.5 Å². The largest absolute Gasteiger partial charge is 0.351 e. The van der Waals surface area contributed by atoms with E-state index >= 15 is 0 Å². The Hall–Kier alpha value is -0.770. The molecule has 0 radical (unpaired) electrons. The molecule has 9 heavy (non-hydrogen) atoms. The Balaban J connectivity index is 2.19. The van der Waals surface area contributed by atoms with Crippen LogP contribution in [0.15, 0.2) is 0 Å². The van der Waals surface area contributed by atoms with Gasteiger partial charge in [0.25, 0.3) is 0 Å². The normalized spacial score (nSPS) is 19.4. The number of nitrogens with two attached hydrogens (primary N) is 2. The van der Waals surface area contributed by atoms with Crippen LogP contribution < -0.4 is 11.5 Å². The van der Waals surface area contributed by atoms with Gasteiger partial charge < -0.3 is 16.4 Å². The zero-order valence-electron chi connectivity index (χ0n) is 5.21. The molecule has 52 valence electrons. The number of hydrogen-bond acceptors (Lipinski definition) is 2. The smallest absolute Gasteiger partial charge is 0.314 e. The highest BCUT2D eigenvalue weighted by molar-refractivity contribution is 5.72. The van der Waals surface area contributed by atoms with Crippen molar-refractivity contribution >= 4 is 6.03 Å². The van der Waals surface area contributed by atoms with Crippen molar-refractivity contribution in [2.45, 2.75) is 0 Å². The summed E-state index contributed by atoms with van der Waals surface area (Å²) in [7, 11) is 0. The summed E-state index contributed by atoms with van der Waals surface area (Å²) in [6, 6.07) is -0.334. The molecule has 2 amide bonds. The second kappa shape index (κ2) is 2.23. The van der Waals surface area contributed by atoms with Crippen LogP contribution >= 0.6 is 0 Å². The first-order valence-corrected chi connectivity index (χ1v) is 2.98. The van der Waals surface area contributed by atoms with Crippen LogP contribution in [0.5, 0.6) is 0 Å². The van der Waals surface area contributed by atoms with Crippen LogP contribution in [0.3, 0.4) is 0 Å². The maximum absolute atomic E-state index is 10.4. The van der Waals surface area contributed by atoms with E-state index in [1.807, 2.05) is 0 Å². The summed E-state index contributed by atoms with van der Waals surface area (Å²) < 4.78 is 0. The Morgan fingerprint density at radius 3 is 2.56 bits per heavy atom. The number of nitrogens with zero attached hydrogens (tertiary/aromatic N) is 1. The van der Waals surface area contributed by atoms with E-state index < -0.39 is 0 Å². The monoisotopic (exact) mass is 129 g/mol. The van der Waals surface area contributed by atoms with Crippen molar-refractivity contribution in [1.82, 2.24) is 4.90 Å². The lowest BCUT2D eigenvalue weighted by Crippen LogP contribution is -2.54. The van der Waals surface area contributed by atoms with E-state index in [-0.39, 0.29) is 6.03 Å². The van der Waals surface area contributed by atoms with Gasteiger partial charge in [0.1, 0.15) is 0 Å². The summed E-state index contributed by atoms with van der Waals surface area (Å²) in [5.41, 5.74) is 10.3. The molecule has 0 unspecified atom stereocenters. The molecule has 1 aliphatic rings. The van der Waals surface area contributed by atoms with E-state index in [1.54, 1.807) is 4.90 Å². The molecule has 0 aromatic rings. The van der Waals surface area contributed by atoms with Crippen LogP contribution in [0.2, 0.25) is 0 Å². The van der Waals surface area contributed by atoms with Crippen LogP contribution in [-0.4, -0.2) is 30.6 Å². The van der Waals surface area contributed by atoms with Crippen molar-refractivity contribution < 1.29 is 4.79 Å². The van der Waals surface area contributed by atoms with Gasteiger partial charge in [-0.25, -0.2) is 4.79 Å². The number of carbonyl (C=O) groups is 1. The summed E-state index contributed by atoms with van der Waals surface area (Å²) in [4.78, 5) is 11.9. The lowest BCUT2D eigenvalue weighted by molar-refractivity contribution is 0.132. The second-order valence-corrected chi connectivity index (χ2v) is 2.34. The predicted molar refractivity (Wildman–Crippen MR) is 33.7 cm³/mol. The van der Waals surface area contributed by atoms with Crippen molar-refractivity contribution in [3.63, 3.8) is 0 Å². The summed E-state index contributed by atoms with van der Waals surface area (Å²) in [6.45, 7) is 2.14. The number of carbonyl (C=O) groups excluding carboxylic acids is 1. The Bertz CT molecular complexity index is 119. The van der Waals surface area contributed by atoms with Gasteiger partial charge in [-0.2, -0.15) is 0 Å². The summed E-state index contributed by atoms with van der Waals surface area (Å²) in [6.07, 6.45) is 0.